The van der Waals surface area contributed by atoms with E-state index in [2.05, 4.69) is 20.0 Å². The Morgan fingerprint density at radius 1 is 1.19 bits per heavy atom. The maximum Gasteiger partial charge on any atom is 0.387 e. The van der Waals surface area contributed by atoms with Crippen LogP contribution in [0.1, 0.15) is 12.5 Å². The summed E-state index contributed by atoms with van der Waals surface area (Å²) in [7, 11) is 0. The lowest BCUT2D eigenvalue weighted by Crippen LogP contribution is -2.06. The molecular formula is C14H15F2N3O2. The molecule has 1 N–H and O–H groups in total. The van der Waals surface area contributed by atoms with Gasteiger partial charge in [-0.15, -0.1) is 0 Å². The number of aromatic nitrogens is 2. The van der Waals surface area contributed by atoms with Gasteiger partial charge in [0, 0.05) is 36.3 Å². The second-order valence-electron chi connectivity index (χ2n) is 4.07. The quantitative estimate of drug-likeness (QED) is 0.850. The van der Waals surface area contributed by atoms with Gasteiger partial charge in [0.25, 0.3) is 0 Å². The average molecular weight is 295 g/mol. The topological polar surface area (TPSA) is 56.3 Å². The van der Waals surface area contributed by atoms with Crippen LogP contribution in [-0.4, -0.2) is 23.2 Å². The normalized spacial score (nSPS) is 10.5. The average Bonchev–Trinajstić information content (AvgIpc) is 2.48. The zero-order chi connectivity index (χ0) is 15.1. The third kappa shape index (κ3) is 4.55. The minimum atomic E-state index is -2.88. The summed E-state index contributed by atoms with van der Waals surface area (Å²) >= 11 is 0. The van der Waals surface area contributed by atoms with E-state index in [0.29, 0.717) is 13.2 Å². The number of nitrogens with one attached hydrogen (secondary N) is 1. The Kier molecular flexibility index (Phi) is 5.25. The molecule has 0 spiro atoms. The van der Waals surface area contributed by atoms with Gasteiger partial charge in [0.2, 0.25) is 0 Å². The van der Waals surface area contributed by atoms with E-state index < -0.39 is 6.61 Å². The number of rotatable bonds is 7. The Morgan fingerprint density at radius 3 is 2.62 bits per heavy atom. The first-order valence-corrected chi connectivity index (χ1v) is 6.38. The molecule has 2 rings (SSSR count). The Morgan fingerprint density at radius 2 is 1.95 bits per heavy atom. The molecule has 1 aromatic heterocycles. The van der Waals surface area contributed by atoms with Crippen molar-refractivity contribution in [3.8, 4) is 11.5 Å². The van der Waals surface area contributed by atoms with E-state index in [1.54, 1.807) is 31.5 Å². The summed E-state index contributed by atoms with van der Waals surface area (Å²) in [5.41, 5.74) is 1.63. The van der Waals surface area contributed by atoms with Gasteiger partial charge in [-0.25, -0.2) is 9.97 Å². The van der Waals surface area contributed by atoms with Crippen LogP contribution in [0, 0.1) is 0 Å². The molecular weight excluding hydrogens is 280 g/mol. The van der Waals surface area contributed by atoms with Crippen LogP contribution in [0.3, 0.4) is 0 Å². The lowest BCUT2D eigenvalue weighted by molar-refractivity contribution is -0.0514. The van der Waals surface area contributed by atoms with Crippen molar-refractivity contribution in [1.82, 2.24) is 9.97 Å². The smallest absolute Gasteiger partial charge is 0.387 e. The molecule has 7 heteroatoms. The Bertz CT molecular complexity index is 567. The van der Waals surface area contributed by atoms with Crippen LogP contribution in [-0.2, 0) is 6.54 Å². The third-order valence-corrected chi connectivity index (χ3v) is 2.57. The first-order chi connectivity index (χ1) is 10.2. The molecule has 112 valence electrons. The van der Waals surface area contributed by atoms with Gasteiger partial charge in [-0.05, 0) is 19.1 Å². The molecule has 0 aliphatic heterocycles. The van der Waals surface area contributed by atoms with Crippen molar-refractivity contribution in [2.45, 2.75) is 20.1 Å². The highest BCUT2D eigenvalue weighted by atomic mass is 19.3. The van der Waals surface area contributed by atoms with Crippen LogP contribution in [0.4, 0.5) is 14.5 Å². The van der Waals surface area contributed by atoms with Gasteiger partial charge >= 0.3 is 6.61 Å². The van der Waals surface area contributed by atoms with E-state index in [0.717, 1.165) is 11.3 Å². The van der Waals surface area contributed by atoms with E-state index in [9.17, 15) is 8.78 Å². The van der Waals surface area contributed by atoms with Crippen molar-refractivity contribution < 1.29 is 18.3 Å². The fraction of sp³-hybridized carbons (Fsp3) is 0.286. The van der Waals surface area contributed by atoms with E-state index in [1.807, 2.05) is 0 Å². The fourth-order valence-electron chi connectivity index (χ4n) is 1.71. The number of halogens is 2. The Hall–Kier alpha value is -2.44. The lowest BCUT2D eigenvalue weighted by Gasteiger charge is -2.13. The number of nitrogens with zero attached hydrogens (tertiary/aromatic N) is 2. The van der Waals surface area contributed by atoms with Crippen molar-refractivity contribution in [3.05, 3.63) is 42.5 Å². The highest BCUT2D eigenvalue weighted by molar-refractivity contribution is 5.55. The van der Waals surface area contributed by atoms with E-state index in [-0.39, 0.29) is 11.5 Å². The minimum Gasteiger partial charge on any atom is -0.490 e. The second-order valence-corrected chi connectivity index (χ2v) is 4.07. The second kappa shape index (κ2) is 7.37. The molecule has 0 saturated carbocycles. The first kappa shape index (κ1) is 15.0. The summed E-state index contributed by atoms with van der Waals surface area (Å²) in [6.45, 7) is -0.241. The standard InChI is InChI=1S/C14H15F2N3O2/c1-2-20-13-5-11(3-4-12(13)21-14(15)16)19-8-10-6-17-9-18-7-10/h3-7,9,14,19H,2,8H2,1H3. The number of hydrogen-bond donors (Lipinski definition) is 1. The molecule has 21 heavy (non-hydrogen) atoms. The Balaban J connectivity index is 2.08. The van der Waals surface area contributed by atoms with Crippen LogP contribution in [0.5, 0.6) is 11.5 Å². The number of benzene rings is 1. The van der Waals surface area contributed by atoms with Crippen molar-refractivity contribution in [2.75, 3.05) is 11.9 Å². The minimum absolute atomic E-state index is 0.0143. The van der Waals surface area contributed by atoms with E-state index in [4.69, 9.17) is 4.74 Å². The van der Waals surface area contributed by atoms with Crippen LogP contribution in [0.2, 0.25) is 0 Å². The van der Waals surface area contributed by atoms with Gasteiger partial charge in [0.15, 0.2) is 11.5 Å². The molecule has 1 aromatic carbocycles. The molecule has 0 saturated heterocycles. The fourth-order valence-corrected chi connectivity index (χ4v) is 1.71. The zero-order valence-electron chi connectivity index (χ0n) is 11.4. The number of hydrogen-bond acceptors (Lipinski definition) is 5. The molecule has 0 fully saturated rings. The molecule has 0 amide bonds. The first-order valence-electron chi connectivity index (χ1n) is 6.38. The van der Waals surface area contributed by atoms with Crippen LogP contribution in [0.15, 0.2) is 36.9 Å². The molecule has 0 radical (unpaired) electrons. The number of alkyl halides is 2. The molecule has 0 aliphatic rings. The van der Waals surface area contributed by atoms with Crippen molar-refractivity contribution in [3.63, 3.8) is 0 Å². The van der Waals surface area contributed by atoms with Gasteiger partial charge < -0.3 is 14.8 Å². The summed E-state index contributed by atoms with van der Waals surface area (Å²) in [5, 5.41) is 3.14. The molecule has 0 atom stereocenters. The molecule has 0 bridgehead atoms. The molecule has 1 heterocycles. The van der Waals surface area contributed by atoms with E-state index in [1.165, 1.54) is 12.4 Å². The van der Waals surface area contributed by atoms with Crippen LogP contribution in [0.25, 0.3) is 0 Å². The molecule has 0 unspecified atom stereocenters. The van der Waals surface area contributed by atoms with Gasteiger partial charge in [-0.3, -0.25) is 0 Å². The van der Waals surface area contributed by atoms with Gasteiger partial charge in [-0.2, -0.15) is 8.78 Å². The van der Waals surface area contributed by atoms with Crippen molar-refractivity contribution in [1.29, 1.82) is 0 Å². The van der Waals surface area contributed by atoms with Crippen molar-refractivity contribution in [2.24, 2.45) is 0 Å². The summed E-state index contributed by atoms with van der Waals surface area (Å²) < 4.78 is 34.3. The van der Waals surface area contributed by atoms with Gasteiger partial charge in [-0.1, -0.05) is 0 Å². The largest absolute Gasteiger partial charge is 0.490 e. The predicted molar refractivity (Wildman–Crippen MR) is 73.6 cm³/mol. The molecule has 5 nitrogen and oxygen atoms in total. The monoisotopic (exact) mass is 295 g/mol. The summed E-state index contributed by atoms with van der Waals surface area (Å²) in [5.74, 6) is 0.285. The predicted octanol–water partition coefficient (Wildman–Crippen LogP) is 3.09. The zero-order valence-corrected chi connectivity index (χ0v) is 11.4. The van der Waals surface area contributed by atoms with Gasteiger partial charge in [0.1, 0.15) is 6.33 Å². The maximum absolute atomic E-state index is 12.3. The maximum atomic E-state index is 12.3. The summed E-state index contributed by atoms with van der Waals surface area (Å²) in [6, 6.07) is 4.70. The van der Waals surface area contributed by atoms with Crippen LogP contribution >= 0.6 is 0 Å². The molecule has 0 aliphatic carbocycles. The number of anilines is 1. The summed E-state index contributed by atoms with van der Waals surface area (Å²) in [6.07, 6.45) is 4.84. The summed E-state index contributed by atoms with van der Waals surface area (Å²) in [4.78, 5) is 7.82. The van der Waals surface area contributed by atoms with Gasteiger partial charge in [0.05, 0.1) is 6.61 Å². The highest BCUT2D eigenvalue weighted by Crippen LogP contribution is 2.31. The van der Waals surface area contributed by atoms with E-state index >= 15 is 0 Å². The third-order valence-electron chi connectivity index (χ3n) is 2.57. The number of ether oxygens (including phenoxy) is 2. The Labute approximate surface area is 120 Å². The highest BCUT2D eigenvalue weighted by Gasteiger charge is 2.11. The SMILES string of the molecule is CCOc1cc(NCc2cncnc2)ccc1OC(F)F. The molecule has 2 aromatic rings. The lowest BCUT2D eigenvalue weighted by atomic mass is 10.2. The van der Waals surface area contributed by atoms with Crippen LogP contribution < -0.4 is 14.8 Å². The van der Waals surface area contributed by atoms with Crippen molar-refractivity contribution >= 4 is 5.69 Å².